The molecule has 2 saturated heterocycles. The molecule has 1 atom stereocenters. The number of hydrogen-bond donors (Lipinski definition) is 0. The van der Waals surface area contributed by atoms with Crippen LogP contribution in [-0.2, 0) is 20.2 Å². The first kappa shape index (κ1) is 14.2. The zero-order chi connectivity index (χ0) is 14.6. The minimum absolute atomic E-state index is 0.0450. The molecule has 0 N–H and O–H groups in total. The Hall–Kier alpha value is -0.790. The number of halogens is 3. The van der Waals surface area contributed by atoms with Crippen molar-refractivity contribution in [2.24, 2.45) is 0 Å². The summed E-state index contributed by atoms with van der Waals surface area (Å²) >= 11 is 5.73. The third-order valence-corrected chi connectivity index (χ3v) is 6.70. The van der Waals surface area contributed by atoms with E-state index < -0.39 is 26.2 Å². The van der Waals surface area contributed by atoms with Crippen molar-refractivity contribution in [1.29, 1.82) is 0 Å². The van der Waals surface area contributed by atoms with Crippen molar-refractivity contribution in [2.45, 2.75) is 23.3 Å². The van der Waals surface area contributed by atoms with E-state index in [4.69, 9.17) is 16.3 Å². The Balaban J connectivity index is 2.03. The Morgan fingerprint density at radius 2 is 2.10 bits per heavy atom. The highest BCUT2D eigenvalue weighted by molar-refractivity contribution is 7.93. The highest BCUT2D eigenvalue weighted by Crippen LogP contribution is 2.49. The fraction of sp³-hybridized carbons (Fsp3) is 0.583. The molecule has 4 nitrogen and oxygen atoms in total. The van der Waals surface area contributed by atoms with Gasteiger partial charge in [0.25, 0.3) is 0 Å². The normalized spacial score (nSPS) is 30.9. The molecule has 20 heavy (non-hydrogen) atoms. The van der Waals surface area contributed by atoms with E-state index in [1.807, 2.05) is 0 Å². The number of rotatable bonds is 1. The van der Waals surface area contributed by atoms with E-state index in [1.54, 1.807) is 0 Å². The van der Waals surface area contributed by atoms with Crippen LogP contribution in [0.4, 0.5) is 8.78 Å². The van der Waals surface area contributed by atoms with Crippen LogP contribution in [0, 0.1) is 5.95 Å². The first-order valence-electron chi connectivity index (χ1n) is 6.09. The van der Waals surface area contributed by atoms with Crippen LogP contribution in [0.15, 0.2) is 12.3 Å². The van der Waals surface area contributed by atoms with E-state index in [1.165, 1.54) is 6.07 Å². The Bertz CT molecular complexity index is 663. The van der Waals surface area contributed by atoms with E-state index in [9.17, 15) is 12.8 Å². The highest BCUT2D eigenvalue weighted by atomic mass is 35.5. The molecule has 2 aliphatic heterocycles. The van der Waals surface area contributed by atoms with Gasteiger partial charge in [-0.05, 0) is 12.5 Å². The SMILES string of the molecule is O=S1(=O)CCC(F)(c2cc(Cl)cnc2F)CC12COC2. The van der Waals surface area contributed by atoms with Gasteiger partial charge in [0.15, 0.2) is 9.84 Å². The van der Waals surface area contributed by atoms with Crippen LogP contribution in [0.1, 0.15) is 18.4 Å². The summed E-state index contributed by atoms with van der Waals surface area (Å²) in [5.41, 5.74) is -2.36. The topological polar surface area (TPSA) is 56.3 Å². The molecule has 0 amide bonds. The van der Waals surface area contributed by atoms with E-state index in [2.05, 4.69) is 4.98 Å². The molecule has 8 heteroatoms. The predicted molar refractivity (Wildman–Crippen MR) is 68.6 cm³/mol. The lowest BCUT2D eigenvalue weighted by atomic mass is 9.82. The predicted octanol–water partition coefficient (Wildman–Crippen LogP) is 2.02. The fourth-order valence-electron chi connectivity index (χ4n) is 2.80. The Morgan fingerprint density at radius 3 is 2.70 bits per heavy atom. The molecular weight excluding hydrogens is 312 g/mol. The van der Waals surface area contributed by atoms with Gasteiger partial charge in [0.1, 0.15) is 10.4 Å². The van der Waals surface area contributed by atoms with Crippen molar-refractivity contribution in [2.75, 3.05) is 19.0 Å². The molecule has 2 fully saturated rings. The van der Waals surface area contributed by atoms with Crippen LogP contribution in [0.5, 0.6) is 0 Å². The number of ether oxygens (including phenoxy) is 1. The molecule has 0 saturated carbocycles. The van der Waals surface area contributed by atoms with Crippen LogP contribution in [0.3, 0.4) is 0 Å². The van der Waals surface area contributed by atoms with Crippen LogP contribution >= 0.6 is 11.6 Å². The molecule has 2 aliphatic rings. The number of aromatic nitrogens is 1. The van der Waals surface area contributed by atoms with Gasteiger partial charge < -0.3 is 4.74 Å². The lowest BCUT2D eigenvalue weighted by Gasteiger charge is -2.48. The first-order chi connectivity index (χ1) is 9.28. The lowest BCUT2D eigenvalue weighted by Crippen LogP contribution is -2.62. The van der Waals surface area contributed by atoms with Gasteiger partial charge in [-0.3, -0.25) is 0 Å². The summed E-state index contributed by atoms with van der Waals surface area (Å²) in [6.07, 6.45) is 0.475. The highest BCUT2D eigenvalue weighted by Gasteiger charge is 2.60. The second kappa shape index (κ2) is 4.35. The summed E-state index contributed by atoms with van der Waals surface area (Å²) in [4.78, 5) is 3.41. The molecular formula is C12H12ClF2NO3S. The largest absolute Gasteiger partial charge is 0.378 e. The second-order valence-electron chi connectivity index (χ2n) is 5.38. The molecule has 0 aliphatic carbocycles. The summed E-state index contributed by atoms with van der Waals surface area (Å²) in [6, 6.07) is 1.18. The van der Waals surface area contributed by atoms with Crippen molar-refractivity contribution in [1.82, 2.24) is 4.98 Å². The molecule has 3 heterocycles. The van der Waals surface area contributed by atoms with Gasteiger partial charge in [-0.25, -0.2) is 17.8 Å². The number of nitrogens with zero attached hydrogens (tertiary/aromatic N) is 1. The number of alkyl halides is 1. The quantitative estimate of drug-likeness (QED) is 0.742. The monoisotopic (exact) mass is 323 g/mol. The standard InChI is InChI=1S/C12H12ClF2NO3S/c13-8-3-9(10(14)16-4-8)12(15)1-2-20(17,18)11(5-12)6-19-7-11/h3-4H,1-2,5-7H2. The van der Waals surface area contributed by atoms with E-state index in [-0.39, 0.29) is 42.4 Å². The first-order valence-corrected chi connectivity index (χ1v) is 8.12. The van der Waals surface area contributed by atoms with Crippen molar-refractivity contribution in [3.63, 3.8) is 0 Å². The minimum atomic E-state index is -3.43. The van der Waals surface area contributed by atoms with Crippen LogP contribution in [0.2, 0.25) is 5.02 Å². The summed E-state index contributed by atoms with van der Waals surface area (Å²) < 4.78 is 56.8. The van der Waals surface area contributed by atoms with Crippen molar-refractivity contribution >= 4 is 21.4 Å². The van der Waals surface area contributed by atoms with Gasteiger partial charge in [0.2, 0.25) is 5.95 Å². The van der Waals surface area contributed by atoms with Gasteiger partial charge in [0, 0.05) is 18.2 Å². The summed E-state index contributed by atoms with van der Waals surface area (Å²) in [7, 11) is -3.43. The van der Waals surface area contributed by atoms with Crippen molar-refractivity contribution < 1.29 is 21.9 Å². The van der Waals surface area contributed by atoms with Gasteiger partial charge in [0.05, 0.1) is 24.0 Å². The summed E-state index contributed by atoms with van der Waals surface area (Å²) in [6.45, 7) is -0.0900. The molecule has 3 rings (SSSR count). The molecule has 0 bridgehead atoms. The van der Waals surface area contributed by atoms with E-state index >= 15 is 4.39 Å². The number of sulfone groups is 1. The van der Waals surface area contributed by atoms with Gasteiger partial charge >= 0.3 is 0 Å². The zero-order valence-electron chi connectivity index (χ0n) is 10.4. The van der Waals surface area contributed by atoms with E-state index in [0.717, 1.165) is 6.20 Å². The van der Waals surface area contributed by atoms with Crippen molar-refractivity contribution in [3.8, 4) is 0 Å². The molecule has 0 aromatic carbocycles. The van der Waals surface area contributed by atoms with E-state index in [0.29, 0.717) is 0 Å². The van der Waals surface area contributed by atoms with Crippen LogP contribution < -0.4 is 0 Å². The number of pyridine rings is 1. The average molecular weight is 324 g/mol. The van der Waals surface area contributed by atoms with Gasteiger partial charge in [-0.1, -0.05) is 11.6 Å². The van der Waals surface area contributed by atoms with Crippen LogP contribution in [-0.4, -0.2) is 37.1 Å². The molecule has 1 aromatic rings. The minimum Gasteiger partial charge on any atom is -0.378 e. The maximum absolute atomic E-state index is 15.1. The Kier molecular flexibility index (Phi) is 3.08. The zero-order valence-corrected chi connectivity index (χ0v) is 12.0. The maximum atomic E-state index is 15.1. The number of hydrogen-bond acceptors (Lipinski definition) is 4. The molecule has 0 radical (unpaired) electrons. The second-order valence-corrected chi connectivity index (χ2v) is 8.32. The van der Waals surface area contributed by atoms with Crippen LogP contribution in [0.25, 0.3) is 0 Å². The smallest absolute Gasteiger partial charge is 0.219 e. The average Bonchev–Trinajstić information content (AvgIpc) is 2.33. The Labute approximate surface area is 120 Å². The maximum Gasteiger partial charge on any atom is 0.219 e. The summed E-state index contributed by atoms with van der Waals surface area (Å²) in [5.74, 6) is -1.29. The van der Waals surface area contributed by atoms with Gasteiger partial charge in [-0.2, -0.15) is 4.39 Å². The fourth-order valence-corrected chi connectivity index (χ4v) is 4.96. The summed E-state index contributed by atoms with van der Waals surface area (Å²) in [5, 5.41) is 0.116. The molecule has 1 unspecified atom stereocenters. The van der Waals surface area contributed by atoms with Crippen molar-refractivity contribution in [3.05, 3.63) is 28.8 Å². The molecule has 1 aromatic heterocycles. The lowest BCUT2D eigenvalue weighted by molar-refractivity contribution is -0.0500. The molecule has 1 spiro atoms. The van der Waals surface area contributed by atoms with Gasteiger partial charge in [-0.15, -0.1) is 0 Å². The third kappa shape index (κ3) is 1.95. The third-order valence-electron chi connectivity index (χ3n) is 4.05. The molecule has 110 valence electrons. The Morgan fingerprint density at radius 1 is 1.40 bits per heavy atom.